The van der Waals surface area contributed by atoms with Gasteiger partial charge in [-0.15, -0.1) is 5.10 Å². The Kier molecular flexibility index (Phi) is 4.59. The molecule has 0 saturated heterocycles. The molecule has 12 heteroatoms. The van der Waals surface area contributed by atoms with Gasteiger partial charge in [-0.25, -0.2) is 9.07 Å². The Balaban J connectivity index is 1.69. The molecule has 0 fully saturated rings. The quantitative estimate of drug-likeness (QED) is 0.513. The van der Waals surface area contributed by atoms with Gasteiger partial charge < -0.3 is 15.0 Å². The molecule has 0 spiro atoms. The van der Waals surface area contributed by atoms with Crippen molar-refractivity contribution in [1.29, 1.82) is 0 Å². The van der Waals surface area contributed by atoms with Crippen molar-refractivity contribution in [2.45, 2.75) is 12.8 Å². The first-order valence-electron chi connectivity index (χ1n) is 8.27. The van der Waals surface area contributed by atoms with Gasteiger partial charge in [-0.05, 0) is 47.4 Å². The highest BCUT2D eigenvalue weighted by atomic mass is 19.4. The third-order valence-electron chi connectivity index (χ3n) is 4.29. The van der Waals surface area contributed by atoms with E-state index in [2.05, 4.69) is 15.6 Å². The minimum Gasteiger partial charge on any atom is -0.423 e. The molecule has 0 bridgehead atoms. The molecule has 29 heavy (non-hydrogen) atoms. The molecular weight excluding hydrogens is 395 g/mol. The fraction of sp³-hybridized carbons (Fsp3) is 0.118. The zero-order chi connectivity index (χ0) is 20.8. The van der Waals surface area contributed by atoms with Crippen LogP contribution in [0, 0.1) is 5.82 Å². The van der Waals surface area contributed by atoms with Gasteiger partial charge in [0.25, 0.3) is 5.91 Å². The van der Waals surface area contributed by atoms with Crippen molar-refractivity contribution in [1.82, 2.24) is 15.0 Å². The van der Waals surface area contributed by atoms with Gasteiger partial charge in [0, 0.05) is 5.69 Å². The molecule has 0 aliphatic carbocycles. The Hall–Kier alpha value is -3.25. The lowest BCUT2D eigenvalue weighted by molar-refractivity contribution is -0.143. The molecule has 4 rings (SSSR count). The highest BCUT2D eigenvalue weighted by molar-refractivity contribution is 6.61. The third-order valence-corrected chi connectivity index (χ3v) is 4.29. The van der Waals surface area contributed by atoms with E-state index in [-0.39, 0.29) is 18.0 Å². The number of halogens is 4. The lowest BCUT2D eigenvalue weighted by Gasteiger charge is -2.11. The van der Waals surface area contributed by atoms with Crippen molar-refractivity contribution in [2.24, 2.45) is 0 Å². The van der Waals surface area contributed by atoms with Crippen LogP contribution < -0.4 is 10.8 Å². The van der Waals surface area contributed by atoms with E-state index in [0.29, 0.717) is 15.7 Å². The molecule has 1 aliphatic rings. The first-order valence-corrected chi connectivity index (χ1v) is 8.27. The standard InChI is InChI=1S/C17H11BF4N4O3/c19-10-2-5-12(6-3-10)26-15(17(20,21)22)14(24-25-26)16(27)23-11-4-1-9-8-29-18(28)13(9)7-11/h1-7,28H,8H2,(H,23,27). The molecule has 2 N–H and O–H groups in total. The number of carbonyl (C=O) groups is 1. The topological polar surface area (TPSA) is 89.3 Å². The van der Waals surface area contributed by atoms with Gasteiger partial charge in [0.15, 0.2) is 11.4 Å². The van der Waals surface area contributed by atoms with Gasteiger partial charge in [-0.2, -0.15) is 13.2 Å². The fourth-order valence-electron chi connectivity index (χ4n) is 2.93. The van der Waals surface area contributed by atoms with Crippen LogP contribution in [0.5, 0.6) is 0 Å². The molecule has 0 atom stereocenters. The van der Waals surface area contributed by atoms with Crippen LogP contribution in [0.25, 0.3) is 5.69 Å². The van der Waals surface area contributed by atoms with Crippen molar-refractivity contribution in [3.8, 4) is 5.69 Å². The van der Waals surface area contributed by atoms with E-state index in [1.165, 1.54) is 12.1 Å². The number of nitrogens with zero attached hydrogens (tertiary/aromatic N) is 3. The fourth-order valence-corrected chi connectivity index (χ4v) is 2.93. The maximum absolute atomic E-state index is 13.6. The predicted octanol–water partition coefficient (Wildman–Crippen LogP) is 1.90. The summed E-state index contributed by atoms with van der Waals surface area (Å²) in [7, 11) is -1.17. The number of hydrogen-bond acceptors (Lipinski definition) is 5. The number of fused-ring (bicyclic) bond motifs is 1. The van der Waals surface area contributed by atoms with Crippen LogP contribution in [0.3, 0.4) is 0 Å². The van der Waals surface area contributed by atoms with E-state index in [0.717, 1.165) is 24.3 Å². The minimum absolute atomic E-state index is 0.108. The third kappa shape index (κ3) is 3.59. The van der Waals surface area contributed by atoms with E-state index < -0.39 is 36.4 Å². The number of rotatable bonds is 3. The van der Waals surface area contributed by atoms with E-state index >= 15 is 0 Å². The van der Waals surface area contributed by atoms with Crippen LogP contribution in [-0.2, 0) is 17.4 Å². The smallest absolute Gasteiger partial charge is 0.423 e. The summed E-state index contributed by atoms with van der Waals surface area (Å²) in [6.07, 6.45) is -4.95. The molecule has 1 amide bonds. The van der Waals surface area contributed by atoms with Gasteiger partial charge in [0.1, 0.15) is 5.82 Å². The lowest BCUT2D eigenvalue weighted by Crippen LogP contribution is -2.28. The molecule has 1 aliphatic heterocycles. The van der Waals surface area contributed by atoms with Crippen molar-refractivity contribution >= 4 is 24.2 Å². The van der Waals surface area contributed by atoms with E-state index in [4.69, 9.17) is 4.65 Å². The van der Waals surface area contributed by atoms with Crippen molar-refractivity contribution in [3.05, 3.63) is 65.2 Å². The monoisotopic (exact) mass is 406 g/mol. The van der Waals surface area contributed by atoms with Crippen LogP contribution in [0.15, 0.2) is 42.5 Å². The first-order chi connectivity index (χ1) is 13.7. The summed E-state index contributed by atoms with van der Waals surface area (Å²) in [5.74, 6) is -1.78. The second-order valence-electron chi connectivity index (χ2n) is 6.20. The summed E-state index contributed by atoms with van der Waals surface area (Å²) in [6, 6.07) is 8.56. The Morgan fingerprint density at radius 2 is 1.93 bits per heavy atom. The van der Waals surface area contributed by atoms with E-state index in [9.17, 15) is 27.4 Å². The molecule has 2 aromatic carbocycles. The molecule has 1 aromatic heterocycles. The average Bonchev–Trinajstić information content (AvgIpc) is 3.27. The molecule has 0 radical (unpaired) electrons. The zero-order valence-electron chi connectivity index (χ0n) is 14.4. The Bertz CT molecular complexity index is 1090. The molecule has 3 aromatic rings. The van der Waals surface area contributed by atoms with Crippen LogP contribution >= 0.6 is 0 Å². The van der Waals surface area contributed by atoms with Crippen LogP contribution in [0.1, 0.15) is 21.7 Å². The summed E-state index contributed by atoms with van der Waals surface area (Å²) in [6.45, 7) is 0.189. The summed E-state index contributed by atoms with van der Waals surface area (Å²) in [4.78, 5) is 12.5. The van der Waals surface area contributed by atoms with E-state index in [1.807, 2.05) is 0 Å². The maximum atomic E-state index is 13.6. The maximum Gasteiger partial charge on any atom is 0.491 e. The molecule has 7 nitrogen and oxygen atoms in total. The van der Waals surface area contributed by atoms with Crippen LogP contribution in [0.4, 0.5) is 23.2 Å². The summed E-state index contributed by atoms with van der Waals surface area (Å²) in [5, 5.41) is 18.8. The number of alkyl halides is 3. The molecular formula is C17H11BF4N4O3. The van der Waals surface area contributed by atoms with Crippen LogP contribution in [-0.4, -0.2) is 33.0 Å². The number of anilines is 1. The van der Waals surface area contributed by atoms with Gasteiger partial charge in [-0.1, -0.05) is 11.3 Å². The number of hydrogen-bond donors (Lipinski definition) is 2. The minimum atomic E-state index is -4.95. The Labute approximate surface area is 161 Å². The van der Waals surface area contributed by atoms with Crippen molar-refractivity contribution in [2.75, 3.05) is 5.32 Å². The number of aromatic nitrogens is 3. The van der Waals surface area contributed by atoms with E-state index in [1.54, 1.807) is 6.07 Å². The van der Waals surface area contributed by atoms with Gasteiger partial charge in [0.05, 0.1) is 12.3 Å². The molecule has 0 saturated carbocycles. The summed E-state index contributed by atoms with van der Waals surface area (Å²) in [5.41, 5.74) is -1.18. The highest BCUT2D eigenvalue weighted by Gasteiger charge is 2.42. The van der Waals surface area contributed by atoms with Gasteiger partial charge in [-0.3, -0.25) is 4.79 Å². The number of amides is 1. The van der Waals surface area contributed by atoms with Gasteiger partial charge >= 0.3 is 13.3 Å². The molecule has 2 heterocycles. The highest BCUT2D eigenvalue weighted by Crippen LogP contribution is 2.33. The van der Waals surface area contributed by atoms with Crippen molar-refractivity contribution < 1.29 is 32.0 Å². The number of benzene rings is 2. The largest absolute Gasteiger partial charge is 0.491 e. The van der Waals surface area contributed by atoms with Crippen LogP contribution in [0.2, 0.25) is 0 Å². The van der Waals surface area contributed by atoms with Crippen molar-refractivity contribution in [3.63, 3.8) is 0 Å². The molecule has 148 valence electrons. The lowest BCUT2D eigenvalue weighted by atomic mass is 9.79. The van der Waals surface area contributed by atoms with Gasteiger partial charge in [0.2, 0.25) is 0 Å². The molecule has 0 unspecified atom stereocenters. The number of nitrogens with one attached hydrogen (secondary N) is 1. The second-order valence-corrected chi connectivity index (χ2v) is 6.20. The zero-order valence-corrected chi connectivity index (χ0v) is 14.4. The Morgan fingerprint density at radius 1 is 1.21 bits per heavy atom. The Morgan fingerprint density at radius 3 is 2.62 bits per heavy atom. The predicted molar refractivity (Wildman–Crippen MR) is 93.1 cm³/mol. The second kappa shape index (κ2) is 6.97. The first kappa shape index (κ1) is 19.1. The summed E-state index contributed by atoms with van der Waals surface area (Å²) >= 11 is 0. The SMILES string of the molecule is O=C(Nc1ccc2c(c1)B(O)OC2)c1nnn(-c2ccc(F)cc2)c1C(F)(F)F. The average molecular weight is 406 g/mol. The normalized spacial score (nSPS) is 13.5. The summed E-state index contributed by atoms with van der Waals surface area (Å²) < 4.78 is 59.4. The number of carbonyl (C=O) groups excluding carboxylic acids is 1.